The molecule has 8 aromatic rings. The molecule has 0 spiro atoms. The molecular formula is C47H36N4S. The van der Waals surface area contributed by atoms with E-state index >= 15 is 0 Å². The standard InChI is InChI=1S/C47H36N4S/c1-47(2)37-26-13-12-22-33(37)42(45(47)48)43(49-29-30-16-6-3-7-17-30)36-25-14-24-35-41-34(23-15-27-40(41)52-44(35)36)39-28-38(31-18-8-4-9-19-31)50-46(51-39)32-20-10-5-11-21-32/h3-28H,29,48H2,1-2H3. The summed E-state index contributed by atoms with van der Waals surface area (Å²) < 4.78 is 2.37. The Kier molecular flexibility index (Phi) is 7.86. The van der Waals surface area contributed by atoms with E-state index < -0.39 is 0 Å². The molecule has 0 amide bonds. The molecule has 4 nitrogen and oxygen atoms in total. The molecule has 0 fully saturated rings. The van der Waals surface area contributed by atoms with E-state index in [2.05, 4.69) is 141 Å². The maximum absolute atomic E-state index is 7.15. The summed E-state index contributed by atoms with van der Waals surface area (Å²) in [6, 6.07) is 54.9. The van der Waals surface area contributed by atoms with Gasteiger partial charge in [0.25, 0.3) is 0 Å². The van der Waals surface area contributed by atoms with Crippen molar-refractivity contribution in [1.82, 2.24) is 9.97 Å². The average Bonchev–Trinajstić information content (AvgIpc) is 3.68. The van der Waals surface area contributed by atoms with Crippen molar-refractivity contribution in [1.29, 1.82) is 0 Å². The molecule has 9 rings (SSSR count). The molecule has 0 atom stereocenters. The quantitative estimate of drug-likeness (QED) is 0.170. The first-order valence-corrected chi connectivity index (χ1v) is 18.4. The van der Waals surface area contributed by atoms with Crippen LogP contribution in [-0.2, 0) is 12.0 Å². The normalized spacial score (nSPS) is 13.9. The lowest BCUT2D eigenvalue weighted by Gasteiger charge is -2.21. The number of nitrogens with zero attached hydrogens (tertiary/aromatic N) is 3. The van der Waals surface area contributed by atoms with Gasteiger partial charge >= 0.3 is 0 Å². The molecule has 2 N–H and O–H groups in total. The summed E-state index contributed by atoms with van der Waals surface area (Å²) >= 11 is 1.80. The fourth-order valence-electron chi connectivity index (χ4n) is 7.46. The van der Waals surface area contributed by atoms with Crippen LogP contribution in [0, 0.1) is 0 Å². The Morgan fingerprint density at radius 2 is 1.29 bits per heavy atom. The molecule has 0 saturated heterocycles. The molecule has 0 bridgehead atoms. The van der Waals surface area contributed by atoms with E-state index in [0.29, 0.717) is 12.4 Å². The van der Waals surface area contributed by atoms with Gasteiger partial charge in [-0.2, -0.15) is 0 Å². The number of fused-ring (bicyclic) bond motifs is 4. The zero-order valence-electron chi connectivity index (χ0n) is 29.0. The zero-order chi connectivity index (χ0) is 35.2. The number of aliphatic imine (C=N–C) groups is 1. The molecule has 250 valence electrons. The third kappa shape index (κ3) is 5.42. The minimum atomic E-state index is -0.319. The molecule has 1 aliphatic carbocycles. The Hall–Kier alpha value is -6.17. The molecule has 2 aromatic heterocycles. The van der Waals surface area contributed by atoms with E-state index in [4.69, 9.17) is 20.7 Å². The summed E-state index contributed by atoms with van der Waals surface area (Å²) in [7, 11) is 0. The van der Waals surface area contributed by atoms with Crippen LogP contribution in [0.25, 0.3) is 59.6 Å². The summed E-state index contributed by atoms with van der Waals surface area (Å²) in [6.45, 7) is 4.97. The number of hydrogen-bond donors (Lipinski definition) is 1. The topological polar surface area (TPSA) is 64.2 Å². The molecule has 0 aliphatic heterocycles. The number of thiophene rings is 1. The molecule has 0 radical (unpaired) electrons. The van der Waals surface area contributed by atoms with Gasteiger partial charge in [-0.05, 0) is 28.8 Å². The predicted octanol–water partition coefficient (Wildman–Crippen LogP) is 11.5. The van der Waals surface area contributed by atoms with Gasteiger partial charge in [0.15, 0.2) is 5.82 Å². The highest BCUT2D eigenvalue weighted by molar-refractivity contribution is 7.26. The van der Waals surface area contributed by atoms with Crippen molar-refractivity contribution < 1.29 is 0 Å². The molecule has 2 heterocycles. The van der Waals surface area contributed by atoms with E-state index in [1.165, 1.54) is 25.7 Å². The number of rotatable bonds is 7. The number of aromatic nitrogens is 2. The fourth-order valence-corrected chi connectivity index (χ4v) is 8.71. The van der Waals surface area contributed by atoms with Gasteiger partial charge in [-0.1, -0.05) is 159 Å². The second-order valence-corrected chi connectivity index (χ2v) is 14.8. The van der Waals surface area contributed by atoms with Gasteiger partial charge < -0.3 is 5.73 Å². The number of allylic oxidation sites excluding steroid dienone is 2. The highest BCUT2D eigenvalue weighted by atomic mass is 32.1. The van der Waals surface area contributed by atoms with E-state index in [-0.39, 0.29) is 5.41 Å². The van der Waals surface area contributed by atoms with Crippen LogP contribution in [0.1, 0.15) is 36.1 Å². The summed E-state index contributed by atoms with van der Waals surface area (Å²) in [4.78, 5) is 15.7. The van der Waals surface area contributed by atoms with E-state index in [1.54, 1.807) is 11.3 Å². The number of nitrogens with two attached hydrogens (primary N) is 1. The Bertz CT molecular complexity index is 2610. The molecular weight excluding hydrogens is 653 g/mol. The predicted molar refractivity (Wildman–Crippen MR) is 218 cm³/mol. The Labute approximate surface area is 307 Å². The van der Waals surface area contributed by atoms with Crippen LogP contribution in [0.2, 0.25) is 0 Å². The van der Waals surface area contributed by atoms with E-state index in [9.17, 15) is 0 Å². The summed E-state index contributed by atoms with van der Waals surface area (Å²) in [5.74, 6) is 0.703. The SMILES string of the molecule is CC1(C)C(N)=C(C(=NCc2ccccc2)c2cccc3c2sc2cccc(-c4cc(-c5ccccc5)nc(-c5ccccc5)n4)c23)c2ccccc21. The Morgan fingerprint density at radius 1 is 0.654 bits per heavy atom. The second kappa shape index (κ2) is 12.9. The van der Waals surface area contributed by atoms with Gasteiger partial charge in [-0.25, -0.2) is 9.97 Å². The minimum Gasteiger partial charge on any atom is -0.401 e. The Morgan fingerprint density at radius 3 is 2.06 bits per heavy atom. The molecule has 0 saturated carbocycles. The smallest absolute Gasteiger partial charge is 0.160 e. The van der Waals surface area contributed by atoms with Gasteiger partial charge in [-0.3, -0.25) is 4.99 Å². The van der Waals surface area contributed by atoms with Crippen molar-refractivity contribution >= 4 is 42.8 Å². The van der Waals surface area contributed by atoms with Crippen molar-refractivity contribution in [3.8, 4) is 33.9 Å². The highest BCUT2D eigenvalue weighted by Gasteiger charge is 2.38. The van der Waals surface area contributed by atoms with Crippen LogP contribution >= 0.6 is 11.3 Å². The lowest BCUT2D eigenvalue weighted by Crippen LogP contribution is -2.23. The minimum absolute atomic E-state index is 0.319. The van der Waals surface area contributed by atoms with Crippen molar-refractivity contribution in [2.24, 2.45) is 10.7 Å². The Balaban J connectivity index is 1.28. The second-order valence-electron chi connectivity index (χ2n) is 13.8. The lowest BCUT2D eigenvalue weighted by molar-refractivity contribution is 0.631. The first-order valence-electron chi connectivity index (χ1n) is 17.6. The van der Waals surface area contributed by atoms with E-state index in [1.807, 2.05) is 30.3 Å². The maximum atomic E-state index is 7.15. The third-order valence-corrected chi connectivity index (χ3v) is 11.4. The van der Waals surface area contributed by atoms with Gasteiger partial charge in [0.2, 0.25) is 0 Å². The maximum Gasteiger partial charge on any atom is 0.160 e. The number of hydrogen-bond acceptors (Lipinski definition) is 5. The van der Waals surface area contributed by atoms with Crippen LogP contribution in [0.4, 0.5) is 0 Å². The van der Waals surface area contributed by atoms with Gasteiger partial charge in [-0.15, -0.1) is 11.3 Å². The van der Waals surface area contributed by atoms with E-state index in [0.717, 1.165) is 61.8 Å². The summed E-state index contributed by atoms with van der Waals surface area (Å²) in [5.41, 5.74) is 19.1. The van der Waals surface area contributed by atoms with Gasteiger partial charge in [0.1, 0.15) is 0 Å². The van der Waals surface area contributed by atoms with Crippen molar-refractivity contribution in [3.63, 3.8) is 0 Å². The van der Waals surface area contributed by atoms with Crippen LogP contribution in [0.3, 0.4) is 0 Å². The van der Waals surface area contributed by atoms with Crippen LogP contribution < -0.4 is 5.73 Å². The van der Waals surface area contributed by atoms with Crippen LogP contribution in [0.15, 0.2) is 168 Å². The number of benzene rings is 6. The third-order valence-electron chi connectivity index (χ3n) is 10.2. The summed E-state index contributed by atoms with van der Waals surface area (Å²) in [5, 5.41) is 2.35. The average molecular weight is 689 g/mol. The van der Waals surface area contributed by atoms with Crippen LogP contribution in [0.5, 0.6) is 0 Å². The van der Waals surface area contributed by atoms with Gasteiger partial charge in [0, 0.05) is 59.1 Å². The van der Waals surface area contributed by atoms with Crippen molar-refractivity contribution in [2.45, 2.75) is 25.8 Å². The van der Waals surface area contributed by atoms with Gasteiger partial charge in [0.05, 0.1) is 23.6 Å². The monoisotopic (exact) mass is 688 g/mol. The van der Waals surface area contributed by atoms with Crippen molar-refractivity contribution in [3.05, 3.63) is 186 Å². The molecule has 52 heavy (non-hydrogen) atoms. The molecule has 0 unspecified atom stereocenters. The zero-order valence-corrected chi connectivity index (χ0v) is 29.9. The highest BCUT2D eigenvalue weighted by Crippen LogP contribution is 2.47. The first-order chi connectivity index (χ1) is 25.5. The first kappa shape index (κ1) is 31.8. The summed E-state index contributed by atoms with van der Waals surface area (Å²) in [6.07, 6.45) is 0. The molecule has 6 aromatic carbocycles. The van der Waals surface area contributed by atoms with Crippen LogP contribution in [-0.4, -0.2) is 15.7 Å². The van der Waals surface area contributed by atoms with Crippen molar-refractivity contribution in [2.75, 3.05) is 0 Å². The fraction of sp³-hybridized carbons (Fsp3) is 0.0851. The lowest BCUT2D eigenvalue weighted by atomic mass is 9.85. The molecule has 1 aliphatic rings. The molecule has 5 heteroatoms. The largest absolute Gasteiger partial charge is 0.401 e.